The number of hydrogen-bond donors (Lipinski definition) is 1. The smallest absolute Gasteiger partial charge is 0.0736 e. The van der Waals surface area contributed by atoms with E-state index < -0.39 is 0 Å². The first-order valence-electron chi connectivity index (χ1n) is 6.37. The van der Waals surface area contributed by atoms with Crippen LogP contribution in [0.25, 0.3) is 0 Å². The molecule has 1 N–H and O–H groups in total. The predicted octanol–water partition coefficient (Wildman–Crippen LogP) is 0.644. The molecule has 2 aliphatic heterocycles. The van der Waals surface area contributed by atoms with Gasteiger partial charge in [-0.15, -0.1) is 0 Å². The fourth-order valence-electron chi connectivity index (χ4n) is 2.73. The van der Waals surface area contributed by atoms with E-state index in [2.05, 4.69) is 21.3 Å². The summed E-state index contributed by atoms with van der Waals surface area (Å²) in [5.74, 6) is 0. The first-order valence-corrected chi connectivity index (χ1v) is 6.37. The normalized spacial score (nSPS) is 29.2. The van der Waals surface area contributed by atoms with Crippen LogP contribution < -0.4 is 5.32 Å². The second kappa shape index (κ2) is 5.12. The van der Waals surface area contributed by atoms with Crippen LogP contribution in [-0.2, 0) is 11.3 Å². The highest BCUT2D eigenvalue weighted by atomic mass is 16.5. The summed E-state index contributed by atoms with van der Waals surface area (Å²) in [5, 5.41) is 3.44. The molecular weight excluding hydrogens is 214 g/mol. The highest BCUT2D eigenvalue weighted by Gasteiger charge is 2.33. The van der Waals surface area contributed by atoms with Crippen molar-refractivity contribution in [2.24, 2.45) is 0 Å². The van der Waals surface area contributed by atoms with Gasteiger partial charge in [-0.1, -0.05) is 6.07 Å². The summed E-state index contributed by atoms with van der Waals surface area (Å²) in [7, 11) is 0. The SMILES string of the molecule is c1cncc(CO[C@H]2C[C@@H]3CNCCN3C2)c1. The Balaban J connectivity index is 1.50. The number of pyridine rings is 1. The van der Waals surface area contributed by atoms with E-state index in [1.807, 2.05) is 12.3 Å². The lowest BCUT2D eigenvalue weighted by Crippen LogP contribution is -2.47. The Morgan fingerprint density at radius 3 is 3.35 bits per heavy atom. The summed E-state index contributed by atoms with van der Waals surface area (Å²) in [6.07, 6.45) is 5.22. The molecule has 4 heteroatoms. The number of aromatic nitrogens is 1. The Morgan fingerprint density at radius 1 is 1.53 bits per heavy atom. The summed E-state index contributed by atoms with van der Waals surface area (Å²) in [4.78, 5) is 6.65. The molecule has 0 aromatic carbocycles. The van der Waals surface area contributed by atoms with Crippen LogP contribution in [0.3, 0.4) is 0 Å². The van der Waals surface area contributed by atoms with E-state index in [1.165, 1.54) is 0 Å². The highest BCUT2D eigenvalue weighted by Crippen LogP contribution is 2.22. The standard InChI is InChI=1S/C13H19N3O/c1-2-11(7-14-3-1)10-17-13-6-12-8-15-4-5-16(12)9-13/h1-3,7,12-13,15H,4-6,8-10H2/t12-,13+/m1/s1. The van der Waals surface area contributed by atoms with Gasteiger partial charge in [0, 0.05) is 44.6 Å². The maximum atomic E-state index is 5.97. The average Bonchev–Trinajstić information content (AvgIpc) is 2.80. The second-order valence-electron chi connectivity index (χ2n) is 4.88. The van der Waals surface area contributed by atoms with Gasteiger partial charge in [0.05, 0.1) is 12.7 Å². The van der Waals surface area contributed by atoms with Crippen LogP contribution in [0.2, 0.25) is 0 Å². The molecule has 2 fully saturated rings. The third kappa shape index (κ3) is 2.65. The van der Waals surface area contributed by atoms with Gasteiger partial charge in [0.1, 0.15) is 0 Å². The van der Waals surface area contributed by atoms with E-state index in [0.717, 1.165) is 38.2 Å². The van der Waals surface area contributed by atoms with E-state index in [1.54, 1.807) is 6.20 Å². The summed E-state index contributed by atoms with van der Waals surface area (Å²) in [6.45, 7) is 5.18. The van der Waals surface area contributed by atoms with Gasteiger partial charge in [0.15, 0.2) is 0 Å². The number of nitrogens with zero attached hydrogens (tertiary/aromatic N) is 2. The van der Waals surface area contributed by atoms with Crippen molar-refractivity contribution in [1.82, 2.24) is 15.2 Å². The minimum absolute atomic E-state index is 0.389. The minimum Gasteiger partial charge on any atom is -0.372 e. The molecule has 0 saturated carbocycles. The van der Waals surface area contributed by atoms with Gasteiger partial charge in [-0.3, -0.25) is 9.88 Å². The molecule has 17 heavy (non-hydrogen) atoms. The summed E-state index contributed by atoms with van der Waals surface area (Å²) < 4.78 is 5.97. The number of ether oxygens (including phenoxy) is 1. The zero-order chi connectivity index (χ0) is 11.5. The molecule has 2 aliphatic rings. The van der Waals surface area contributed by atoms with Crippen LogP contribution in [0.4, 0.5) is 0 Å². The van der Waals surface area contributed by atoms with Crippen molar-refractivity contribution in [3.63, 3.8) is 0 Å². The fourth-order valence-corrected chi connectivity index (χ4v) is 2.73. The number of rotatable bonds is 3. The Morgan fingerprint density at radius 2 is 2.53 bits per heavy atom. The third-order valence-electron chi connectivity index (χ3n) is 3.65. The van der Waals surface area contributed by atoms with Crippen molar-refractivity contribution in [2.75, 3.05) is 26.2 Å². The largest absolute Gasteiger partial charge is 0.372 e. The predicted molar refractivity (Wildman–Crippen MR) is 65.7 cm³/mol. The Labute approximate surface area is 102 Å². The van der Waals surface area contributed by atoms with Crippen LogP contribution in [0.5, 0.6) is 0 Å². The Hall–Kier alpha value is -0.970. The van der Waals surface area contributed by atoms with Crippen LogP contribution in [0.1, 0.15) is 12.0 Å². The monoisotopic (exact) mass is 233 g/mol. The molecule has 92 valence electrons. The summed E-state index contributed by atoms with van der Waals surface area (Å²) in [6, 6.07) is 4.71. The van der Waals surface area contributed by atoms with Crippen molar-refractivity contribution in [3.05, 3.63) is 30.1 Å². The molecule has 3 rings (SSSR count). The van der Waals surface area contributed by atoms with Gasteiger partial charge in [-0.25, -0.2) is 0 Å². The first kappa shape index (κ1) is 11.1. The lowest BCUT2D eigenvalue weighted by atomic mass is 10.2. The minimum atomic E-state index is 0.389. The van der Waals surface area contributed by atoms with Gasteiger partial charge in [0.2, 0.25) is 0 Å². The van der Waals surface area contributed by atoms with Crippen molar-refractivity contribution < 1.29 is 4.74 Å². The molecule has 1 aromatic rings. The van der Waals surface area contributed by atoms with Gasteiger partial charge >= 0.3 is 0 Å². The second-order valence-corrected chi connectivity index (χ2v) is 4.88. The quantitative estimate of drug-likeness (QED) is 0.831. The van der Waals surface area contributed by atoms with E-state index >= 15 is 0 Å². The molecule has 3 heterocycles. The third-order valence-corrected chi connectivity index (χ3v) is 3.65. The summed E-state index contributed by atoms with van der Waals surface area (Å²) in [5.41, 5.74) is 1.16. The van der Waals surface area contributed by atoms with Gasteiger partial charge in [-0.2, -0.15) is 0 Å². The van der Waals surface area contributed by atoms with Crippen molar-refractivity contribution in [3.8, 4) is 0 Å². The molecule has 2 saturated heterocycles. The summed E-state index contributed by atoms with van der Waals surface area (Å²) >= 11 is 0. The van der Waals surface area contributed by atoms with Crippen LogP contribution in [0, 0.1) is 0 Å². The highest BCUT2D eigenvalue weighted by molar-refractivity contribution is 5.07. The van der Waals surface area contributed by atoms with Gasteiger partial charge in [-0.05, 0) is 18.1 Å². The molecule has 4 nitrogen and oxygen atoms in total. The lowest BCUT2D eigenvalue weighted by molar-refractivity contribution is 0.0467. The number of nitrogens with one attached hydrogen (secondary N) is 1. The molecule has 0 radical (unpaired) electrons. The first-order chi connectivity index (χ1) is 8.42. The Bertz CT molecular complexity index is 343. The topological polar surface area (TPSA) is 37.4 Å². The molecule has 2 atom stereocenters. The molecule has 0 unspecified atom stereocenters. The molecule has 0 aliphatic carbocycles. The van der Waals surface area contributed by atoms with Crippen LogP contribution in [0.15, 0.2) is 24.5 Å². The van der Waals surface area contributed by atoms with E-state index in [9.17, 15) is 0 Å². The van der Waals surface area contributed by atoms with Crippen molar-refractivity contribution in [2.45, 2.75) is 25.2 Å². The maximum absolute atomic E-state index is 5.97. The molecule has 1 aromatic heterocycles. The lowest BCUT2D eigenvalue weighted by Gasteiger charge is -2.29. The Kier molecular flexibility index (Phi) is 3.36. The van der Waals surface area contributed by atoms with Crippen molar-refractivity contribution >= 4 is 0 Å². The van der Waals surface area contributed by atoms with E-state index in [0.29, 0.717) is 18.8 Å². The van der Waals surface area contributed by atoms with Crippen LogP contribution in [-0.4, -0.2) is 48.2 Å². The fraction of sp³-hybridized carbons (Fsp3) is 0.615. The number of hydrogen-bond acceptors (Lipinski definition) is 4. The molecular formula is C13H19N3O. The van der Waals surface area contributed by atoms with E-state index in [4.69, 9.17) is 4.74 Å². The van der Waals surface area contributed by atoms with Gasteiger partial charge in [0.25, 0.3) is 0 Å². The van der Waals surface area contributed by atoms with Gasteiger partial charge < -0.3 is 10.1 Å². The van der Waals surface area contributed by atoms with Crippen LogP contribution >= 0.6 is 0 Å². The van der Waals surface area contributed by atoms with Crippen molar-refractivity contribution in [1.29, 1.82) is 0 Å². The average molecular weight is 233 g/mol. The zero-order valence-electron chi connectivity index (χ0n) is 10.0. The molecule has 0 bridgehead atoms. The maximum Gasteiger partial charge on any atom is 0.0736 e. The van der Waals surface area contributed by atoms with E-state index in [-0.39, 0.29) is 0 Å². The zero-order valence-corrected chi connectivity index (χ0v) is 10.0. The molecule has 0 spiro atoms. The number of piperazine rings is 1. The molecule has 0 amide bonds. The number of fused-ring (bicyclic) bond motifs is 1.